The Hall–Kier alpha value is -2.46. The molecule has 1 aromatic carbocycles. The molecule has 8 nitrogen and oxygen atoms in total. The minimum Gasteiger partial charge on any atom is -0.378 e. The summed E-state index contributed by atoms with van der Waals surface area (Å²) in [5.74, 6) is 0.833. The third kappa shape index (κ3) is 4.15. The van der Waals surface area contributed by atoms with Gasteiger partial charge in [0, 0.05) is 32.4 Å². The number of amides is 1. The number of benzene rings is 1. The minimum absolute atomic E-state index is 0.152. The summed E-state index contributed by atoms with van der Waals surface area (Å²) in [6, 6.07) is 8.07. The molecular formula is C15H17N7OS2. The van der Waals surface area contributed by atoms with E-state index in [2.05, 4.69) is 31.8 Å². The van der Waals surface area contributed by atoms with Gasteiger partial charge in [-0.1, -0.05) is 35.2 Å². The Morgan fingerprint density at radius 2 is 2.16 bits per heavy atom. The molecule has 3 rings (SSSR count). The Morgan fingerprint density at radius 3 is 2.88 bits per heavy atom. The fourth-order valence-electron chi connectivity index (χ4n) is 2.13. The molecule has 0 saturated heterocycles. The Morgan fingerprint density at radius 1 is 1.32 bits per heavy atom. The number of rotatable bonds is 6. The Labute approximate surface area is 153 Å². The van der Waals surface area contributed by atoms with E-state index in [0.29, 0.717) is 10.3 Å². The standard InChI is InChI=1S/C15H17N7OS2/c1-21(2)11-6-4-5-10(7-11)13-18-20-15(22(13)3)24-8-12(23)17-14-19-16-9-25-14/h4-7,9H,8H2,1-3H3,(H,17,19,23). The summed E-state index contributed by atoms with van der Waals surface area (Å²) >= 11 is 2.61. The van der Waals surface area contributed by atoms with E-state index >= 15 is 0 Å². The number of nitrogens with zero attached hydrogens (tertiary/aromatic N) is 6. The molecule has 2 heterocycles. The van der Waals surface area contributed by atoms with Crippen molar-refractivity contribution < 1.29 is 4.79 Å². The molecule has 0 unspecified atom stereocenters. The molecule has 0 aliphatic carbocycles. The fraction of sp³-hybridized carbons (Fsp3) is 0.267. The first-order chi connectivity index (χ1) is 12.0. The number of nitrogens with one attached hydrogen (secondary N) is 1. The van der Waals surface area contributed by atoms with Gasteiger partial charge in [0.1, 0.15) is 5.51 Å². The third-order valence-electron chi connectivity index (χ3n) is 3.39. The van der Waals surface area contributed by atoms with Crippen molar-refractivity contribution in [1.82, 2.24) is 25.0 Å². The molecule has 1 N–H and O–H groups in total. The first-order valence-corrected chi connectivity index (χ1v) is 9.27. The quantitative estimate of drug-likeness (QED) is 0.660. The highest BCUT2D eigenvalue weighted by Crippen LogP contribution is 2.25. The van der Waals surface area contributed by atoms with E-state index in [4.69, 9.17) is 0 Å². The minimum atomic E-state index is -0.152. The van der Waals surface area contributed by atoms with Gasteiger partial charge in [-0.15, -0.1) is 20.4 Å². The molecule has 0 saturated carbocycles. The molecule has 0 bridgehead atoms. The van der Waals surface area contributed by atoms with Gasteiger partial charge < -0.3 is 9.47 Å². The van der Waals surface area contributed by atoms with Crippen LogP contribution in [0.1, 0.15) is 0 Å². The van der Waals surface area contributed by atoms with Crippen molar-refractivity contribution in [3.8, 4) is 11.4 Å². The lowest BCUT2D eigenvalue weighted by Crippen LogP contribution is -2.14. The maximum absolute atomic E-state index is 11.9. The topological polar surface area (TPSA) is 88.8 Å². The highest BCUT2D eigenvalue weighted by molar-refractivity contribution is 7.99. The third-order valence-corrected chi connectivity index (χ3v) is 5.02. The van der Waals surface area contributed by atoms with Crippen LogP contribution in [0.2, 0.25) is 0 Å². The van der Waals surface area contributed by atoms with Gasteiger partial charge >= 0.3 is 0 Å². The highest BCUT2D eigenvalue weighted by atomic mass is 32.2. The van der Waals surface area contributed by atoms with Crippen molar-refractivity contribution >= 4 is 39.8 Å². The summed E-state index contributed by atoms with van der Waals surface area (Å²) in [7, 11) is 5.88. The van der Waals surface area contributed by atoms with Crippen molar-refractivity contribution in [2.45, 2.75) is 5.16 Å². The van der Waals surface area contributed by atoms with Crippen LogP contribution in [-0.2, 0) is 11.8 Å². The second-order valence-corrected chi connectivity index (χ2v) is 7.17. The van der Waals surface area contributed by atoms with E-state index in [9.17, 15) is 4.79 Å². The molecule has 0 aliphatic rings. The van der Waals surface area contributed by atoms with Crippen LogP contribution in [-0.4, -0.2) is 50.7 Å². The number of carbonyl (C=O) groups is 1. The van der Waals surface area contributed by atoms with E-state index in [-0.39, 0.29) is 11.7 Å². The Balaban J connectivity index is 1.69. The number of thioether (sulfide) groups is 1. The van der Waals surface area contributed by atoms with E-state index < -0.39 is 0 Å². The van der Waals surface area contributed by atoms with Crippen LogP contribution in [0.3, 0.4) is 0 Å². The number of hydrogen-bond acceptors (Lipinski definition) is 8. The molecule has 0 radical (unpaired) electrons. The average molecular weight is 375 g/mol. The molecule has 25 heavy (non-hydrogen) atoms. The molecule has 0 atom stereocenters. The molecule has 0 aliphatic heterocycles. The lowest BCUT2D eigenvalue weighted by Gasteiger charge is -2.13. The largest absolute Gasteiger partial charge is 0.378 e. The summed E-state index contributed by atoms with van der Waals surface area (Å²) in [4.78, 5) is 14.0. The summed E-state index contributed by atoms with van der Waals surface area (Å²) in [6.07, 6.45) is 0. The molecule has 3 aromatic rings. The fourth-order valence-corrected chi connectivity index (χ4v) is 3.30. The number of aromatic nitrogens is 5. The zero-order valence-electron chi connectivity index (χ0n) is 14.0. The number of hydrogen-bond donors (Lipinski definition) is 1. The van der Waals surface area contributed by atoms with E-state index in [1.54, 1.807) is 5.51 Å². The maximum atomic E-state index is 11.9. The maximum Gasteiger partial charge on any atom is 0.236 e. The summed E-state index contributed by atoms with van der Waals surface area (Å²) in [6.45, 7) is 0. The lowest BCUT2D eigenvalue weighted by atomic mass is 10.2. The summed E-state index contributed by atoms with van der Waals surface area (Å²) in [5, 5.41) is 19.8. The average Bonchev–Trinajstić information content (AvgIpc) is 3.23. The van der Waals surface area contributed by atoms with Crippen LogP contribution in [0.15, 0.2) is 34.9 Å². The smallest absolute Gasteiger partial charge is 0.236 e. The Bertz CT molecular complexity index is 861. The first-order valence-electron chi connectivity index (χ1n) is 7.40. The molecular weight excluding hydrogens is 358 g/mol. The van der Waals surface area contributed by atoms with Gasteiger partial charge in [0.25, 0.3) is 0 Å². The van der Waals surface area contributed by atoms with Crippen LogP contribution in [0.4, 0.5) is 10.8 Å². The summed E-state index contributed by atoms with van der Waals surface area (Å²) < 4.78 is 1.89. The molecule has 0 fully saturated rings. The van der Waals surface area contributed by atoms with Gasteiger partial charge in [-0.25, -0.2) is 0 Å². The molecule has 10 heteroatoms. The Kier molecular flexibility index (Phi) is 5.29. The van der Waals surface area contributed by atoms with Gasteiger partial charge in [-0.3, -0.25) is 10.1 Å². The zero-order valence-corrected chi connectivity index (χ0v) is 15.6. The van der Waals surface area contributed by atoms with E-state index in [0.717, 1.165) is 17.1 Å². The summed E-state index contributed by atoms with van der Waals surface area (Å²) in [5.41, 5.74) is 3.64. The molecule has 0 spiro atoms. The predicted molar refractivity (Wildman–Crippen MR) is 100 cm³/mol. The molecule has 1 amide bonds. The van der Waals surface area contributed by atoms with Gasteiger partial charge in [0.15, 0.2) is 11.0 Å². The number of anilines is 2. The van der Waals surface area contributed by atoms with Crippen molar-refractivity contribution in [2.75, 3.05) is 30.1 Å². The normalized spacial score (nSPS) is 10.7. The first kappa shape index (κ1) is 17.4. The molecule has 2 aromatic heterocycles. The van der Waals surface area contributed by atoms with Gasteiger partial charge in [0.05, 0.1) is 5.75 Å². The van der Waals surface area contributed by atoms with Crippen LogP contribution < -0.4 is 10.2 Å². The predicted octanol–water partition coefficient (Wildman–Crippen LogP) is 2.13. The van der Waals surface area contributed by atoms with Gasteiger partial charge in [0.2, 0.25) is 11.0 Å². The van der Waals surface area contributed by atoms with Crippen LogP contribution in [0, 0.1) is 0 Å². The van der Waals surface area contributed by atoms with Crippen LogP contribution in [0.5, 0.6) is 0 Å². The van der Waals surface area contributed by atoms with Crippen molar-refractivity contribution in [2.24, 2.45) is 7.05 Å². The van der Waals surface area contributed by atoms with Crippen molar-refractivity contribution in [3.05, 3.63) is 29.8 Å². The van der Waals surface area contributed by atoms with Crippen molar-refractivity contribution in [3.63, 3.8) is 0 Å². The highest BCUT2D eigenvalue weighted by Gasteiger charge is 2.14. The SMILES string of the molecule is CN(C)c1cccc(-c2nnc(SCC(=O)Nc3nncs3)n2C)c1. The van der Waals surface area contributed by atoms with E-state index in [1.807, 2.05) is 48.8 Å². The van der Waals surface area contributed by atoms with Crippen LogP contribution >= 0.6 is 23.1 Å². The monoisotopic (exact) mass is 375 g/mol. The van der Waals surface area contributed by atoms with Gasteiger partial charge in [-0.05, 0) is 12.1 Å². The van der Waals surface area contributed by atoms with E-state index in [1.165, 1.54) is 23.1 Å². The number of carbonyl (C=O) groups excluding carboxylic acids is 1. The second kappa shape index (κ2) is 7.62. The van der Waals surface area contributed by atoms with Crippen LogP contribution in [0.25, 0.3) is 11.4 Å². The lowest BCUT2D eigenvalue weighted by molar-refractivity contribution is -0.113. The van der Waals surface area contributed by atoms with Crippen molar-refractivity contribution in [1.29, 1.82) is 0 Å². The van der Waals surface area contributed by atoms with Gasteiger partial charge in [-0.2, -0.15) is 0 Å². The molecule has 130 valence electrons. The zero-order chi connectivity index (χ0) is 17.8. The second-order valence-electron chi connectivity index (χ2n) is 5.39.